The number of likely N-dealkylation sites (tertiary alicyclic amines) is 1. The Bertz CT molecular complexity index is 246. The molecule has 2 fully saturated rings. The molecule has 1 aliphatic heterocycles. The van der Waals surface area contributed by atoms with Crippen LogP contribution >= 0.6 is 0 Å². The molecule has 0 aromatic heterocycles. The lowest BCUT2D eigenvalue weighted by molar-refractivity contribution is -0.137. The maximum Gasteiger partial charge on any atom is 0.303 e. The van der Waals surface area contributed by atoms with Gasteiger partial charge in [0.05, 0.1) is 0 Å². The number of rotatable bonds is 7. The number of nitrogens with zero attached hydrogens (tertiary/aromatic N) is 1. The van der Waals surface area contributed by atoms with Gasteiger partial charge in [-0.15, -0.1) is 0 Å². The van der Waals surface area contributed by atoms with Gasteiger partial charge in [-0.05, 0) is 64.2 Å². The van der Waals surface area contributed by atoms with Gasteiger partial charge >= 0.3 is 5.97 Å². The smallest absolute Gasteiger partial charge is 0.303 e. The van der Waals surface area contributed by atoms with Gasteiger partial charge in [-0.2, -0.15) is 0 Å². The highest BCUT2D eigenvalue weighted by atomic mass is 16.4. The van der Waals surface area contributed by atoms with Crippen LogP contribution < -0.4 is 5.32 Å². The third kappa shape index (κ3) is 5.04. The highest BCUT2D eigenvalue weighted by Crippen LogP contribution is 2.21. The van der Waals surface area contributed by atoms with Crippen LogP contribution in [-0.2, 0) is 4.79 Å². The third-order valence-corrected chi connectivity index (χ3v) is 3.84. The molecule has 2 aliphatic rings. The minimum absolute atomic E-state index is 0.309. The standard InChI is InChI=1S/C13H24N2O2/c16-13(17)2-1-7-15-8-5-11(6-9-15)10-14-12-3-4-12/h11-12,14H,1-10H2,(H,16,17). The molecule has 2 rings (SSSR count). The third-order valence-electron chi connectivity index (χ3n) is 3.84. The van der Waals surface area contributed by atoms with Gasteiger partial charge in [-0.3, -0.25) is 4.79 Å². The van der Waals surface area contributed by atoms with E-state index in [1.807, 2.05) is 0 Å². The minimum Gasteiger partial charge on any atom is -0.481 e. The highest BCUT2D eigenvalue weighted by molar-refractivity contribution is 5.66. The van der Waals surface area contributed by atoms with Crippen LogP contribution in [0.15, 0.2) is 0 Å². The molecular weight excluding hydrogens is 216 g/mol. The summed E-state index contributed by atoms with van der Waals surface area (Å²) in [5, 5.41) is 12.2. The molecule has 0 unspecified atom stereocenters. The molecule has 2 N–H and O–H groups in total. The molecule has 4 heteroatoms. The summed E-state index contributed by atoms with van der Waals surface area (Å²) in [6.07, 6.45) is 6.38. The molecule has 0 amide bonds. The molecule has 0 atom stereocenters. The number of carboxylic acid groups (broad SMARTS) is 1. The summed E-state index contributed by atoms with van der Waals surface area (Å²) in [4.78, 5) is 12.8. The van der Waals surface area contributed by atoms with Crippen molar-refractivity contribution in [1.29, 1.82) is 0 Å². The van der Waals surface area contributed by atoms with E-state index in [9.17, 15) is 4.79 Å². The Morgan fingerprint density at radius 2 is 1.94 bits per heavy atom. The molecule has 1 saturated heterocycles. The molecule has 0 bridgehead atoms. The zero-order valence-electron chi connectivity index (χ0n) is 10.5. The Hall–Kier alpha value is -0.610. The Kier molecular flexibility index (Phi) is 4.80. The molecule has 1 aliphatic carbocycles. The minimum atomic E-state index is -0.673. The number of hydrogen-bond acceptors (Lipinski definition) is 3. The topological polar surface area (TPSA) is 52.6 Å². The number of carbonyl (C=O) groups is 1. The molecule has 1 saturated carbocycles. The van der Waals surface area contributed by atoms with Gasteiger partial charge in [0.15, 0.2) is 0 Å². The summed E-state index contributed by atoms with van der Waals surface area (Å²) < 4.78 is 0. The van der Waals surface area contributed by atoms with Crippen molar-refractivity contribution >= 4 is 5.97 Å². The maximum absolute atomic E-state index is 10.4. The van der Waals surface area contributed by atoms with Gasteiger partial charge in [0.25, 0.3) is 0 Å². The number of hydrogen-bond donors (Lipinski definition) is 2. The van der Waals surface area contributed by atoms with Gasteiger partial charge < -0.3 is 15.3 Å². The highest BCUT2D eigenvalue weighted by Gasteiger charge is 2.24. The quantitative estimate of drug-likeness (QED) is 0.704. The van der Waals surface area contributed by atoms with E-state index >= 15 is 0 Å². The van der Waals surface area contributed by atoms with Crippen LogP contribution in [0, 0.1) is 5.92 Å². The summed E-state index contributed by atoms with van der Waals surface area (Å²) in [5.41, 5.74) is 0. The summed E-state index contributed by atoms with van der Waals surface area (Å²) in [6, 6.07) is 0.823. The lowest BCUT2D eigenvalue weighted by Gasteiger charge is -2.32. The van der Waals surface area contributed by atoms with Crippen molar-refractivity contribution in [3.63, 3.8) is 0 Å². The summed E-state index contributed by atoms with van der Waals surface area (Å²) in [5.74, 6) is 0.167. The molecule has 1 heterocycles. The average molecular weight is 240 g/mol. The van der Waals surface area contributed by atoms with E-state index in [-0.39, 0.29) is 0 Å². The zero-order chi connectivity index (χ0) is 12.1. The van der Waals surface area contributed by atoms with E-state index in [0.29, 0.717) is 6.42 Å². The van der Waals surface area contributed by atoms with E-state index in [0.717, 1.165) is 38.0 Å². The normalized spacial score (nSPS) is 22.8. The Morgan fingerprint density at radius 3 is 2.53 bits per heavy atom. The number of aliphatic carboxylic acids is 1. The largest absolute Gasteiger partial charge is 0.481 e. The maximum atomic E-state index is 10.4. The fourth-order valence-corrected chi connectivity index (χ4v) is 2.49. The second-order valence-corrected chi connectivity index (χ2v) is 5.46. The van der Waals surface area contributed by atoms with Crippen molar-refractivity contribution in [2.75, 3.05) is 26.2 Å². The summed E-state index contributed by atoms with van der Waals surface area (Å²) in [6.45, 7) is 4.44. The first-order valence-electron chi connectivity index (χ1n) is 6.91. The van der Waals surface area contributed by atoms with Crippen LogP contribution in [0.2, 0.25) is 0 Å². The summed E-state index contributed by atoms with van der Waals surface area (Å²) in [7, 11) is 0. The van der Waals surface area contributed by atoms with Crippen molar-refractivity contribution in [3.8, 4) is 0 Å². The molecular formula is C13H24N2O2. The predicted octanol–water partition coefficient (Wildman–Crippen LogP) is 1.32. The van der Waals surface area contributed by atoms with Crippen LogP contribution in [-0.4, -0.2) is 48.2 Å². The summed E-state index contributed by atoms with van der Waals surface area (Å²) >= 11 is 0. The Morgan fingerprint density at radius 1 is 1.24 bits per heavy atom. The van der Waals surface area contributed by atoms with Crippen LogP contribution in [0.3, 0.4) is 0 Å². The van der Waals surface area contributed by atoms with Crippen LogP contribution in [0.4, 0.5) is 0 Å². The van der Waals surface area contributed by atoms with Crippen LogP contribution in [0.5, 0.6) is 0 Å². The predicted molar refractivity (Wildman–Crippen MR) is 67.1 cm³/mol. The monoisotopic (exact) mass is 240 g/mol. The van der Waals surface area contributed by atoms with Gasteiger partial charge in [0.2, 0.25) is 0 Å². The fraction of sp³-hybridized carbons (Fsp3) is 0.923. The zero-order valence-corrected chi connectivity index (χ0v) is 10.5. The second-order valence-electron chi connectivity index (χ2n) is 5.46. The van der Waals surface area contributed by atoms with Crippen LogP contribution in [0.1, 0.15) is 38.5 Å². The number of piperidine rings is 1. The molecule has 17 heavy (non-hydrogen) atoms. The van der Waals surface area contributed by atoms with E-state index in [4.69, 9.17) is 5.11 Å². The number of carboxylic acids is 1. The average Bonchev–Trinajstić information content (AvgIpc) is 3.11. The molecule has 98 valence electrons. The fourth-order valence-electron chi connectivity index (χ4n) is 2.49. The molecule has 0 spiro atoms. The Balaban J connectivity index is 1.52. The van der Waals surface area contributed by atoms with E-state index < -0.39 is 5.97 Å². The van der Waals surface area contributed by atoms with Gasteiger partial charge in [0.1, 0.15) is 0 Å². The molecule has 0 radical (unpaired) electrons. The van der Waals surface area contributed by atoms with Crippen molar-refractivity contribution in [1.82, 2.24) is 10.2 Å². The second kappa shape index (κ2) is 6.36. The Labute approximate surface area is 103 Å². The van der Waals surface area contributed by atoms with E-state index in [2.05, 4.69) is 10.2 Å². The van der Waals surface area contributed by atoms with Gasteiger partial charge in [-0.1, -0.05) is 0 Å². The van der Waals surface area contributed by atoms with Gasteiger partial charge in [0, 0.05) is 12.5 Å². The molecule has 0 aromatic carbocycles. The van der Waals surface area contributed by atoms with E-state index in [1.165, 1.54) is 32.2 Å². The van der Waals surface area contributed by atoms with Crippen molar-refractivity contribution in [3.05, 3.63) is 0 Å². The SMILES string of the molecule is O=C(O)CCCN1CCC(CNC2CC2)CC1. The van der Waals surface area contributed by atoms with Gasteiger partial charge in [-0.25, -0.2) is 0 Å². The van der Waals surface area contributed by atoms with Crippen molar-refractivity contribution < 1.29 is 9.90 Å². The van der Waals surface area contributed by atoms with Crippen LogP contribution in [0.25, 0.3) is 0 Å². The molecule has 0 aromatic rings. The number of nitrogens with one attached hydrogen (secondary N) is 1. The molecule has 4 nitrogen and oxygen atoms in total. The van der Waals surface area contributed by atoms with Crippen molar-refractivity contribution in [2.45, 2.75) is 44.6 Å². The lowest BCUT2D eigenvalue weighted by Crippen LogP contribution is -2.38. The van der Waals surface area contributed by atoms with Crippen molar-refractivity contribution in [2.24, 2.45) is 5.92 Å². The van der Waals surface area contributed by atoms with E-state index in [1.54, 1.807) is 0 Å². The first-order chi connectivity index (χ1) is 8.24. The first-order valence-corrected chi connectivity index (χ1v) is 6.91. The first kappa shape index (κ1) is 12.8. The lowest BCUT2D eigenvalue weighted by atomic mass is 9.96.